The quantitative estimate of drug-likeness (QED) is 0.867. The van der Waals surface area contributed by atoms with E-state index in [-0.39, 0.29) is 5.91 Å². The average Bonchev–Trinajstić information content (AvgIpc) is 3.01. The first-order valence-electron chi connectivity index (χ1n) is 8.12. The molecule has 0 aromatic carbocycles. The number of amides is 1. The van der Waals surface area contributed by atoms with Crippen LogP contribution in [0.4, 0.5) is 0 Å². The molecule has 2 aromatic heterocycles. The van der Waals surface area contributed by atoms with E-state index in [1.54, 1.807) is 12.4 Å². The second-order valence-corrected chi connectivity index (χ2v) is 6.49. The van der Waals surface area contributed by atoms with Crippen molar-refractivity contribution in [1.29, 1.82) is 0 Å². The molecule has 122 valence electrons. The lowest BCUT2D eigenvalue weighted by Crippen LogP contribution is -2.42. The summed E-state index contributed by atoms with van der Waals surface area (Å²) in [5.74, 6) is 2.36. The molecule has 0 bridgehead atoms. The first-order valence-corrected chi connectivity index (χ1v) is 8.12. The molecule has 3 heterocycles. The Balaban J connectivity index is 1.56. The van der Waals surface area contributed by atoms with Crippen molar-refractivity contribution in [3.05, 3.63) is 30.4 Å². The molecule has 0 spiro atoms. The molecule has 0 saturated carbocycles. The molecule has 1 fully saturated rings. The van der Waals surface area contributed by atoms with Crippen LogP contribution in [0.25, 0.3) is 11.4 Å². The highest BCUT2D eigenvalue weighted by Gasteiger charge is 2.25. The summed E-state index contributed by atoms with van der Waals surface area (Å²) in [6, 6.07) is 3.66. The van der Waals surface area contributed by atoms with Gasteiger partial charge in [0, 0.05) is 43.9 Å². The number of carbonyl (C=O) groups excluding carboxylic acids is 1. The minimum Gasteiger partial charge on any atom is -0.342 e. The molecule has 0 N–H and O–H groups in total. The Bertz CT molecular complexity index is 646. The number of nitrogens with zero attached hydrogens (tertiary/aromatic N) is 4. The Hall–Kier alpha value is -2.24. The van der Waals surface area contributed by atoms with Gasteiger partial charge in [-0.1, -0.05) is 19.0 Å². The molecule has 0 radical (unpaired) electrons. The summed E-state index contributed by atoms with van der Waals surface area (Å²) in [4.78, 5) is 22.7. The van der Waals surface area contributed by atoms with Crippen LogP contribution in [-0.2, 0) is 11.2 Å². The fourth-order valence-corrected chi connectivity index (χ4v) is 3.21. The second kappa shape index (κ2) is 6.89. The predicted octanol–water partition coefficient (Wildman–Crippen LogP) is 2.57. The van der Waals surface area contributed by atoms with E-state index >= 15 is 0 Å². The third kappa shape index (κ3) is 3.94. The minimum atomic E-state index is 0.173. The molecular weight excluding hydrogens is 292 g/mol. The number of piperidine rings is 1. The Morgan fingerprint density at radius 2 is 1.96 bits per heavy atom. The number of aromatic nitrogens is 3. The molecule has 23 heavy (non-hydrogen) atoms. The maximum Gasteiger partial charge on any atom is 0.227 e. The topological polar surface area (TPSA) is 72.1 Å². The summed E-state index contributed by atoms with van der Waals surface area (Å²) >= 11 is 0. The van der Waals surface area contributed by atoms with Gasteiger partial charge in [0.15, 0.2) is 0 Å². The van der Waals surface area contributed by atoms with Crippen LogP contribution in [0, 0.1) is 11.8 Å². The Morgan fingerprint density at radius 3 is 2.65 bits per heavy atom. The van der Waals surface area contributed by atoms with Crippen LogP contribution in [0.3, 0.4) is 0 Å². The number of carbonyl (C=O) groups is 1. The molecule has 6 nitrogen and oxygen atoms in total. The van der Waals surface area contributed by atoms with Crippen LogP contribution in [0.2, 0.25) is 0 Å². The Kier molecular flexibility index (Phi) is 4.69. The summed E-state index contributed by atoms with van der Waals surface area (Å²) in [6.45, 7) is 6.12. The fraction of sp³-hybridized carbons (Fsp3) is 0.529. The highest BCUT2D eigenvalue weighted by Crippen LogP contribution is 2.22. The molecule has 0 aliphatic carbocycles. The van der Waals surface area contributed by atoms with Crippen LogP contribution >= 0.6 is 0 Å². The molecule has 3 rings (SSSR count). The summed E-state index contributed by atoms with van der Waals surface area (Å²) in [5, 5.41) is 3.96. The van der Waals surface area contributed by atoms with Crippen LogP contribution in [0.1, 0.15) is 32.6 Å². The molecule has 1 aliphatic rings. The molecule has 1 saturated heterocycles. The first-order chi connectivity index (χ1) is 11.1. The third-order valence-corrected chi connectivity index (χ3v) is 4.18. The van der Waals surface area contributed by atoms with E-state index in [4.69, 9.17) is 4.52 Å². The lowest BCUT2D eigenvalue weighted by atomic mass is 9.91. The van der Waals surface area contributed by atoms with Crippen molar-refractivity contribution in [2.45, 2.75) is 33.1 Å². The lowest BCUT2D eigenvalue weighted by molar-refractivity contribution is -0.133. The molecule has 1 aliphatic heterocycles. The molecule has 6 heteroatoms. The minimum absolute atomic E-state index is 0.173. The van der Waals surface area contributed by atoms with Gasteiger partial charge in [-0.15, -0.1) is 0 Å². The van der Waals surface area contributed by atoms with E-state index in [0.29, 0.717) is 36.4 Å². The van der Waals surface area contributed by atoms with Gasteiger partial charge in [-0.2, -0.15) is 4.98 Å². The molecular formula is C17H22N4O2. The van der Waals surface area contributed by atoms with E-state index in [0.717, 1.165) is 18.7 Å². The zero-order chi connectivity index (χ0) is 16.2. The van der Waals surface area contributed by atoms with Gasteiger partial charge in [0.1, 0.15) is 0 Å². The Morgan fingerprint density at radius 1 is 1.26 bits per heavy atom. The number of rotatable bonds is 4. The molecule has 2 unspecified atom stereocenters. The summed E-state index contributed by atoms with van der Waals surface area (Å²) < 4.78 is 5.25. The number of hydrogen-bond acceptors (Lipinski definition) is 5. The van der Waals surface area contributed by atoms with E-state index < -0.39 is 0 Å². The largest absolute Gasteiger partial charge is 0.342 e. The zero-order valence-electron chi connectivity index (χ0n) is 13.6. The Labute approximate surface area is 135 Å². The normalized spacial score (nSPS) is 21.4. The van der Waals surface area contributed by atoms with Crippen molar-refractivity contribution in [2.24, 2.45) is 11.8 Å². The van der Waals surface area contributed by atoms with Crippen molar-refractivity contribution in [2.75, 3.05) is 13.1 Å². The summed E-state index contributed by atoms with van der Waals surface area (Å²) in [7, 11) is 0. The number of likely N-dealkylation sites (tertiary alicyclic amines) is 1. The van der Waals surface area contributed by atoms with Gasteiger partial charge in [0.25, 0.3) is 0 Å². The smallest absolute Gasteiger partial charge is 0.227 e. The molecule has 1 amide bonds. The zero-order valence-corrected chi connectivity index (χ0v) is 13.6. The van der Waals surface area contributed by atoms with Crippen molar-refractivity contribution < 1.29 is 9.32 Å². The highest BCUT2D eigenvalue weighted by atomic mass is 16.5. The highest BCUT2D eigenvalue weighted by molar-refractivity contribution is 5.76. The van der Waals surface area contributed by atoms with E-state index in [1.807, 2.05) is 17.0 Å². The molecule has 2 aromatic rings. The van der Waals surface area contributed by atoms with Gasteiger partial charge in [-0.05, 0) is 30.4 Å². The summed E-state index contributed by atoms with van der Waals surface area (Å²) in [6.07, 6.45) is 5.47. The predicted molar refractivity (Wildman–Crippen MR) is 85.4 cm³/mol. The number of aryl methyl sites for hydroxylation is 1. The molecule has 2 atom stereocenters. The van der Waals surface area contributed by atoms with Crippen LogP contribution < -0.4 is 0 Å². The average molecular weight is 314 g/mol. The van der Waals surface area contributed by atoms with Crippen molar-refractivity contribution >= 4 is 5.91 Å². The van der Waals surface area contributed by atoms with Crippen molar-refractivity contribution in [3.8, 4) is 11.4 Å². The first kappa shape index (κ1) is 15.6. The third-order valence-electron chi connectivity index (χ3n) is 4.18. The van der Waals surface area contributed by atoms with E-state index in [9.17, 15) is 4.79 Å². The lowest BCUT2D eigenvalue weighted by Gasteiger charge is -2.35. The second-order valence-electron chi connectivity index (χ2n) is 6.49. The number of pyridine rings is 1. The van der Waals surface area contributed by atoms with Crippen LogP contribution in [0.15, 0.2) is 29.0 Å². The van der Waals surface area contributed by atoms with E-state index in [1.165, 1.54) is 6.42 Å². The van der Waals surface area contributed by atoms with Gasteiger partial charge < -0.3 is 9.42 Å². The van der Waals surface area contributed by atoms with E-state index in [2.05, 4.69) is 29.0 Å². The number of hydrogen-bond donors (Lipinski definition) is 0. The maximum atomic E-state index is 12.4. The SMILES string of the molecule is CC1CC(C)CN(C(=O)CCc2nc(-c3ccncc3)no2)C1. The van der Waals surface area contributed by atoms with Crippen LogP contribution in [-0.4, -0.2) is 39.0 Å². The van der Waals surface area contributed by atoms with Crippen molar-refractivity contribution in [3.63, 3.8) is 0 Å². The standard InChI is InChI=1S/C17H22N4O2/c1-12-9-13(2)11-21(10-12)16(22)4-3-15-19-17(20-23-15)14-5-7-18-8-6-14/h5-8,12-13H,3-4,9-11H2,1-2H3. The van der Waals surface area contributed by atoms with Gasteiger partial charge >= 0.3 is 0 Å². The monoisotopic (exact) mass is 314 g/mol. The summed E-state index contributed by atoms with van der Waals surface area (Å²) in [5.41, 5.74) is 0.861. The fourth-order valence-electron chi connectivity index (χ4n) is 3.21. The van der Waals surface area contributed by atoms with Gasteiger partial charge in [0.2, 0.25) is 17.6 Å². The van der Waals surface area contributed by atoms with Gasteiger partial charge in [-0.3, -0.25) is 9.78 Å². The van der Waals surface area contributed by atoms with Gasteiger partial charge in [-0.25, -0.2) is 0 Å². The van der Waals surface area contributed by atoms with Crippen molar-refractivity contribution in [1.82, 2.24) is 20.0 Å². The van der Waals surface area contributed by atoms with Crippen LogP contribution in [0.5, 0.6) is 0 Å². The van der Waals surface area contributed by atoms with Gasteiger partial charge in [0.05, 0.1) is 0 Å². The maximum absolute atomic E-state index is 12.4.